The lowest BCUT2D eigenvalue weighted by atomic mass is 10.0. The maximum Gasteiger partial charge on any atom is 0.406 e. The smallest absolute Gasteiger partial charge is 0.406 e. The minimum Gasteiger partial charge on any atom is -0.453 e. The zero-order valence-electron chi connectivity index (χ0n) is 8.84. The Morgan fingerprint density at radius 2 is 2.43 bits per heavy atom. The summed E-state index contributed by atoms with van der Waals surface area (Å²) in [4.78, 5) is 10.7. The molecular formula is C10H20N2O2. The van der Waals surface area contributed by atoms with Crippen molar-refractivity contribution in [2.75, 3.05) is 26.7 Å². The summed E-state index contributed by atoms with van der Waals surface area (Å²) in [7, 11) is 1.39. The van der Waals surface area contributed by atoms with E-state index in [9.17, 15) is 4.79 Å². The van der Waals surface area contributed by atoms with Crippen LogP contribution in [0.2, 0.25) is 0 Å². The molecule has 1 atom stereocenters. The van der Waals surface area contributed by atoms with Crippen LogP contribution in [0.4, 0.5) is 4.79 Å². The Morgan fingerprint density at radius 3 is 3.07 bits per heavy atom. The van der Waals surface area contributed by atoms with Gasteiger partial charge in [-0.15, -0.1) is 0 Å². The lowest BCUT2D eigenvalue weighted by Gasteiger charge is -2.07. The van der Waals surface area contributed by atoms with Crippen LogP contribution >= 0.6 is 0 Å². The normalized spacial score (nSPS) is 20.8. The molecule has 1 fully saturated rings. The fourth-order valence-corrected chi connectivity index (χ4v) is 1.78. The minimum absolute atomic E-state index is 0.326. The zero-order chi connectivity index (χ0) is 10.2. The van der Waals surface area contributed by atoms with Crippen LogP contribution in [0.15, 0.2) is 0 Å². The van der Waals surface area contributed by atoms with E-state index in [1.807, 2.05) is 0 Å². The van der Waals surface area contributed by atoms with Crippen molar-refractivity contribution in [1.82, 2.24) is 10.6 Å². The van der Waals surface area contributed by atoms with Gasteiger partial charge in [0.2, 0.25) is 0 Å². The van der Waals surface area contributed by atoms with Gasteiger partial charge >= 0.3 is 6.09 Å². The first kappa shape index (κ1) is 11.3. The van der Waals surface area contributed by atoms with Gasteiger partial charge in [0.1, 0.15) is 0 Å². The predicted octanol–water partition coefficient (Wildman–Crippen LogP) is 1.12. The van der Waals surface area contributed by atoms with Gasteiger partial charge < -0.3 is 15.4 Å². The van der Waals surface area contributed by atoms with Crippen molar-refractivity contribution in [3.63, 3.8) is 0 Å². The van der Waals surface area contributed by atoms with Crippen LogP contribution in [0.25, 0.3) is 0 Å². The number of carbonyl (C=O) groups excluding carboxylic acids is 1. The van der Waals surface area contributed by atoms with Crippen molar-refractivity contribution in [1.29, 1.82) is 0 Å². The van der Waals surface area contributed by atoms with E-state index in [0.717, 1.165) is 18.9 Å². The minimum atomic E-state index is -0.326. The summed E-state index contributed by atoms with van der Waals surface area (Å²) >= 11 is 0. The number of alkyl carbamates (subject to hydrolysis) is 1. The highest BCUT2D eigenvalue weighted by Crippen LogP contribution is 2.14. The molecule has 0 spiro atoms. The van der Waals surface area contributed by atoms with Crippen molar-refractivity contribution in [3.05, 3.63) is 0 Å². The molecule has 4 heteroatoms. The number of methoxy groups -OCH3 is 1. The number of amides is 1. The van der Waals surface area contributed by atoms with Gasteiger partial charge in [-0.3, -0.25) is 0 Å². The second kappa shape index (κ2) is 6.65. The first-order chi connectivity index (χ1) is 6.83. The molecule has 14 heavy (non-hydrogen) atoms. The fraction of sp³-hybridized carbons (Fsp3) is 0.900. The molecule has 1 amide bonds. The first-order valence-corrected chi connectivity index (χ1v) is 5.35. The van der Waals surface area contributed by atoms with Gasteiger partial charge in [-0.25, -0.2) is 4.79 Å². The third-order valence-corrected chi connectivity index (χ3v) is 2.66. The highest BCUT2D eigenvalue weighted by Gasteiger charge is 2.13. The van der Waals surface area contributed by atoms with Gasteiger partial charge in [-0.1, -0.05) is 6.42 Å². The summed E-state index contributed by atoms with van der Waals surface area (Å²) in [6.07, 6.45) is 4.50. The van der Waals surface area contributed by atoms with Crippen molar-refractivity contribution in [2.24, 2.45) is 5.92 Å². The second-order valence-corrected chi connectivity index (χ2v) is 3.77. The number of carbonyl (C=O) groups is 1. The average molecular weight is 200 g/mol. The van der Waals surface area contributed by atoms with Gasteiger partial charge in [0, 0.05) is 6.54 Å². The summed E-state index contributed by atoms with van der Waals surface area (Å²) in [5.41, 5.74) is 0. The molecule has 0 radical (unpaired) electrons. The molecule has 1 saturated heterocycles. The van der Waals surface area contributed by atoms with E-state index in [1.165, 1.54) is 39.5 Å². The summed E-state index contributed by atoms with van der Waals surface area (Å²) in [6, 6.07) is 0. The van der Waals surface area contributed by atoms with Gasteiger partial charge in [0.15, 0.2) is 0 Å². The highest BCUT2D eigenvalue weighted by molar-refractivity contribution is 5.66. The van der Waals surface area contributed by atoms with Crippen molar-refractivity contribution >= 4 is 6.09 Å². The molecule has 0 aromatic rings. The van der Waals surface area contributed by atoms with E-state index < -0.39 is 0 Å². The zero-order valence-corrected chi connectivity index (χ0v) is 8.84. The topological polar surface area (TPSA) is 50.4 Å². The molecule has 1 heterocycles. The van der Waals surface area contributed by atoms with Gasteiger partial charge in [-0.05, 0) is 38.3 Å². The summed E-state index contributed by atoms with van der Waals surface area (Å²) < 4.78 is 4.47. The molecule has 4 nitrogen and oxygen atoms in total. The van der Waals surface area contributed by atoms with Gasteiger partial charge in [0.05, 0.1) is 7.11 Å². The number of unbranched alkanes of at least 4 members (excludes halogenated alkanes) is 1. The molecule has 0 aromatic carbocycles. The van der Waals surface area contributed by atoms with Crippen LogP contribution in [0.5, 0.6) is 0 Å². The first-order valence-electron chi connectivity index (χ1n) is 5.35. The number of hydrogen-bond donors (Lipinski definition) is 2. The molecule has 0 bridgehead atoms. The maximum atomic E-state index is 10.7. The number of ether oxygens (including phenoxy) is 1. The lowest BCUT2D eigenvalue weighted by Crippen LogP contribution is -2.24. The Morgan fingerprint density at radius 1 is 1.57 bits per heavy atom. The van der Waals surface area contributed by atoms with E-state index >= 15 is 0 Å². The van der Waals surface area contributed by atoms with Crippen molar-refractivity contribution < 1.29 is 9.53 Å². The Hall–Kier alpha value is -0.770. The van der Waals surface area contributed by atoms with Gasteiger partial charge in [0.25, 0.3) is 0 Å². The molecule has 1 unspecified atom stereocenters. The molecule has 2 N–H and O–H groups in total. The lowest BCUT2D eigenvalue weighted by molar-refractivity contribution is 0.171. The molecular weight excluding hydrogens is 180 g/mol. The summed E-state index contributed by atoms with van der Waals surface area (Å²) in [5.74, 6) is 0.855. The molecule has 0 aromatic heterocycles. The van der Waals surface area contributed by atoms with E-state index in [0.29, 0.717) is 0 Å². The molecule has 82 valence electrons. The standard InChI is InChI=1S/C10H20N2O2/c1-14-10(13)12-6-3-2-4-9-5-7-11-8-9/h9,11H,2-8H2,1H3,(H,12,13). The van der Waals surface area contributed by atoms with Gasteiger partial charge in [-0.2, -0.15) is 0 Å². The predicted molar refractivity (Wildman–Crippen MR) is 55.2 cm³/mol. The third kappa shape index (κ3) is 4.46. The third-order valence-electron chi connectivity index (χ3n) is 2.66. The molecule has 0 saturated carbocycles. The summed E-state index contributed by atoms with van der Waals surface area (Å²) in [5, 5.41) is 6.03. The van der Waals surface area contributed by atoms with Crippen LogP contribution in [0.3, 0.4) is 0 Å². The Kier molecular flexibility index (Phi) is 5.37. The number of rotatable bonds is 5. The van der Waals surface area contributed by atoms with E-state index in [2.05, 4.69) is 15.4 Å². The van der Waals surface area contributed by atoms with Crippen LogP contribution in [-0.2, 0) is 4.74 Å². The Bertz CT molecular complexity index is 168. The van der Waals surface area contributed by atoms with Crippen LogP contribution < -0.4 is 10.6 Å². The maximum absolute atomic E-state index is 10.7. The van der Waals surface area contributed by atoms with Crippen LogP contribution in [0.1, 0.15) is 25.7 Å². The van der Waals surface area contributed by atoms with Crippen LogP contribution in [-0.4, -0.2) is 32.8 Å². The largest absolute Gasteiger partial charge is 0.453 e. The molecule has 0 aliphatic carbocycles. The number of hydrogen-bond acceptors (Lipinski definition) is 3. The second-order valence-electron chi connectivity index (χ2n) is 3.77. The Balaban J connectivity index is 1.86. The number of nitrogens with one attached hydrogen (secondary N) is 2. The molecule has 1 aliphatic rings. The van der Waals surface area contributed by atoms with Crippen molar-refractivity contribution in [3.8, 4) is 0 Å². The highest BCUT2D eigenvalue weighted by atomic mass is 16.5. The van der Waals surface area contributed by atoms with Crippen molar-refractivity contribution in [2.45, 2.75) is 25.7 Å². The summed E-state index contributed by atoms with van der Waals surface area (Å²) in [6.45, 7) is 3.07. The SMILES string of the molecule is COC(=O)NCCCCC1CCNC1. The fourth-order valence-electron chi connectivity index (χ4n) is 1.78. The average Bonchev–Trinajstić information content (AvgIpc) is 2.69. The van der Waals surface area contributed by atoms with E-state index in [-0.39, 0.29) is 6.09 Å². The van der Waals surface area contributed by atoms with E-state index in [1.54, 1.807) is 0 Å². The van der Waals surface area contributed by atoms with E-state index in [4.69, 9.17) is 0 Å². The quantitative estimate of drug-likeness (QED) is 0.654. The molecule has 1 rings (SSSR count). The Labute approximate surface area is 85.4 Å². The monoisotopic (exact) mass is 200 g/mol. The molecule has 1 aliphatic heterocycles. The van der Waals surface area contributed by atoms with Crippen LogP contribution in [0, 0.1) is 5.92 Å².